The molecule has 0 aliphatic rings. The van der Waals surface area contributed by atoms with Gasteiger partial charge in [-0.2, -0.15) is 0 Å². The van der Waals surface area contributed by atoms with Gasteiger partial charge in [0.15, 0.2) is 0 Å². The monoisotopic (exact) mass is 401 g/mol. The van der Waals surface area contributed by atoms with Gasteiger partial charge in [0, 0.05) is 27.2 Å². The highest BCUT2D eigenvalue weighted by Gasteiger charge is 2.20. The Kier molecular flexibility index (Phi) is 6.36. The van der Waals surface area contributed by atoms with Gasteiger partial charge in [-0.25, -0.2) is 4.79 Å². The van der Waals surface area contributed by atoms with Crippen LogP contribution in [0, 0.1) is 0 Å². The van der Waals surface area contributed by atoms with Gasteiger partial charge < -0.3 is 14.8 Å². The van der Waals surface area contributed by atoms with Gasteiger partial charge in [0.1, 0.15) is 16.3 Å². The number of hydrogen-bond acceptors (Lipinski definition) is 6. The molecule has 5 nitrogen and oxygen atoms in total. The molecule has 0 spiro atoms. The molecule has 0 aliphatic heterocycles. The van der Waals surface area contributed by atoms with Crippen LogP contribution in [0.25, 0.3) is 10.1 Å². The maximum Gasteiger partial charge on any atom is 0.341 e. The van der Waals surface area contributed by atoms with Crippen molar-refractivity contribution in [2.45, 2.75) is 11.3 Å². The molecule has 0 bridgehead atoms. The fourth-order valence-corrected chi connectivity index (χ4v) is 4.52. The normalized spacial score (nSPS) is 10.6. The molecule has 1 amide bonds. The van der Waals surface area contributed by atoms with Gasteiger partial charge in [0.2, 0.25) is 5.91 Å². The number of thiophene rings is 1. The van der Waals surface area contributed by atoms with Crippen LogP contribution in [-0.4, -0.2) is 31.8 Å². The Bertz CT molecular complexity index is 950. The number of rotatable bonds is 7. The summed E-state index contributed by atoms with van der Waals surface area (Å²) in [4.78, 5) is 25.6. The molecule has 7 heteroatoms. The third-order valence-corrected chi connectivity index (χ3v) is 6.00. The van der Waals surface area contributed by atoms with Crippen molar-refractivity contribution in [1.29, 1.82) is 0 Å². The lowest BCUT2D eigenvalue weighted by Gasteiger charge is -2.06. The number of hydrogen-bond donors (Lipinski definition) is 1. The molecule has 3 rings (SSSR count). The zero-order valence-corrected chi connectivity index (χ0v) is 16.6. The summed E-state index contributed by atoms with van der Waals surface area (Å²) >= 11 is 2.97. The van der Waals surface area contributed by atoms with Crippen LogP contribution in [0.15, 0.2) is 53.4 Å². The van der Waals surface area contributed by atoms with E-state index in [9.17, 15) is 9.59 Å². The number of ether oxygens (including phenoxy) is 2. The molecule has 140 valence electrons. The number of esters is 1. The molecule has 1 aromatic heterocycles. The Labute approximate surface area is 165 Å². The van der Waals surface area contributed by atoms with Crippen LogP contribution in [0.3, 0.4) is 0 Å². The van der Waals surface area contributed by atoms with E-state index < -0.39 is 5.97 Å². The standard InChI is InChI=1S/C20H19NO4S2/c1-24-13-7-9-14(10-8-13)26-12-11-17(22)21-19-18(20(23)25-2)15-5-3-4-6-16(15)27-19/h3-10H,11-12H2,1-2H3,(H,21,22). The molecular weight excluding hydrogens is 382 g/mol. The Morgan fingerprint density at radius 1 is 1.07 bits per heavy atom. The van der Waals surface area contributed by atoms with Crippen LogP contribution in [0.1, 0.15) is 16.8 Å². The molecule has 0 atom stereocenters. The Balaban J connectivity index is 1.64. The number of carbonyl (C=O) groups excluding carboxylic acids is 2. The van der Waals surface area contributed by atoms with Crippen molar-refractivity contribution >= 4 is 50.1 Å². The van der Waals surface area contributed by atoms with E-state index in [-0.39, 0.29) is 5.91 Å². The third kappa shape index (κ3) is 4.61. The lowest BCUT2D eigenvalue weighted by Crippen LogP contribution is -2.14. The second-order valence-corrected chi connectivity index (χ2v) is 7.84. The predicted octanol–water partition coefficient (Wildman–Crippen LogP) is 4.82. The first-order chi connectivity index (χ1) is 13.1. The minimum absolute atomic E-state index is 0.132. The molecule has 2 aromatic carbocycles. The van der Waals surface area contributed by atoms with Gasteiger partial charge in [0.05, 0.1) is 14.2 Å². The largest absolute Gasteiger partial charge is 0.497 e. The predicted molar refractivity (Wildman–Crippen MR) is 110 cm³/mol. The first kappa shape index (κ1) is 19.3. The van der Waals surface area contributed by atoms with Gasteiger partial charge in [0.25, 0.3) is 0 Å². The summed E-state index contributed by atoms with van der Waals surface area (Å²) in [5, 5.41) is 4.18. The molecule has 0 saturated heterocycles. The van der Waals surface area contributed by atoms with Crippen LogP contribution >= 0.6 is 23.1 Å². The van der Waals surface area contributed by atoms with Gasteiger partial charge >= 0.3 is 5.97 Å². The van der Waals surface area contributed by atoms with Crippen LogP contribution in [0.5, 0.6) is 5.75 Å². The van der Waals surface area contributed by atoms with Gasteiger partial charge in [-0.3, -0.25) is 4.79 Å². The van der Waals surface area contributed by atoms with Gasteiger partial charge in [-0.05, 0) is 30.3 Å². The molecule has 1 N–H and O–H groups in total. The fraction of sp³-hybridized carbons (Fsp3) is 0.200. The lowest BCUT2D eigenvalue weighted by molar-refractivity contribution is -0.115. The highest BCUT2D eigenvalue weighted by molar-refractivity contribution is 7.99. The molecule has 0 aliphatic carbocycles. The van der Waals surface area contributed by atoms with Crippen molar-refractivity contribution < 1.29 is 19.1 Å². The van der Waals surface area contributed by atoms with Crippen molar-refractivity contribution in [3.63, 3.8) is 0 Å². The average molecular weight is 402 g/mol. The number of benzene rings is 2. The van der Waals surface area contributed by atoms with Gasteiger partial charge in [-0.15, -0.1) is 23.1 Å². The summed E-state index contributed by atoms with van der Waals surface area (Å²) in [6, 6.07) is 15.2. The molecule has 3 aromatic rings. The van der Waals surface area contributed by atoms with Crippen LogP contribution in [0.2, 0.25) is 0 Å². The SMILES string of the molecule is COC(=O)c1c(NC(=O)CCSc2ccc(OC)cc2)sc2ccccc12. The Hall–Kier alpha value is -2.51. The quantitative estimate of drug-likeness (QED) is 0.454. The van der Waals surface area contributed by atoms with Crippen LogP contribution in [0.4, 0.5) is 5.00 Å². The highest BCUT2D eigenvalue weighted by atomic mass is 32.2. The van der Waals surface area contributed by atoms with Crippen molar-refractivity contribution in [2.75, 3.05) is 25.3 Å². The number of methoxy groups -OCH3 is 2. The number of fused-ring (bicyclic) bond motifs is 1. The first-order valence-corrected chi connectivity index (χ1v) is 10.1. The van der Waals surface area contributed by atoms with E-state index in [1.807, 2.05) is 48.5 Å². The second-order valence-electron chi connectivity index (χ2n) is 5.62. The molecule has 27 heavy (non-hydrogen) atoms. The Morgan fingerprint density at radius 3 is 2.52 bits per heavy atom. The van der Waals surface area contributed by atoms with E-state index in [1.165, 1.54) is 18.4 Å². The van der Waals surface area contributed by atoms with Crippen LogP contribution in [-0.2, 0) is 9.53 Å². The van der Waals surface area contributed by atoms with Gasteiger partial charge in [-0.1, -0.05) is 18.2 Å². The third-order valence-electron chi connectivity index (χ3n) is 3.90. The maximum absolute atomic E-state index is 12.4. The van der Waals surface area contributed by atoms with E-state index in [0.29, 0.717) is 22.7 Å². The van der Waals surface area contributed by atoms with E-state index in [4.69, 9.17) is 9.47 Å². The summed E-state index contributed by atoms with van der Waals surface area (Å²) in [6.45, 7) is 0. The van der Waals surface area contributed by atoms with E-state index >= 15 is 0 Å². The molecule has 1 heterocycles. The topological polar surface area (TPSA) is 64.6 Å². The smallest absolute Gasteiger partial charge is 0.341 e. The van der Waals surface area contributed by atoms with E-state index in [1.54, 1.807) is 18.9 Å². The van der Waals surface area contributed by atoms with E-state index in [2.05, 4.69) is 5.32 Å². The molecule has 0 radical (unpaired) electrons. The highest BCUT2D eigenvalue weighted by Crippen LogP contribution is 2.36. The minimum atomic E-state index is -0.449. The zero-order chi connectivity index (χ0) is 19.2. The minimum Gasteiger partial charge on any atom is -0.497 e. The van der Waals surface area contributed by atoms with Crippen molar-refractivity contribution in [1.82, 2.24) is 0 Å². The fourth-order valence-electron chi connectivity index (χ4n) is 2.56. The van der Waals surface area contributed by atoms with Crippen molar-refractivity contribution in [2.24, 2.45) is 0 Å². The molecule has 0 fully saturated rings. The number of amides is 1. The second kappa shape index (κ2) is 8.92. The molecule has 0 saturated carbocycles. The summed E-state index contributed by atoms with van der Waals surface area (Å²) in [7, 11) is 2.97. The van der Waals surface area contributed by atoms with Crippen LogP contribution < -0.4 is 10.1 Å². The number of anilines is 1. The summed E-state index contributed by atoms with van der Waals surface area (Å²) in [5.74, 6) is 0.858. The zero-order valence-electron chi connectivity index (χ0n) is 15.0. The lowest BCUT2D eigenvalue weighted by atomic mass is 10.1. The van der Waals surface area contributed by atoms with E-state index in [0.717, 1.165) is 20.7 Å². The Morgan fingerprint density at radius 2 is 1.81 bits per heavy atom. The summed E-state index contributed by atoms with van der Waals surface area (Å²) in [5.41, 5.74) is 0.411. The van der Waals surface area contributed by atoms with Crippen molar-refractivity contribution in [3.05, 3.63) is 54.1 Å². The molecular formula is C20H19NO4S2. The molecule has 0 unspecified atom stereocenters. The maximum atomic E-state index is 12.4. The first-order valence-electron chi connectivity index (χ1n) is 8.29. The summed E-state index contributed by atoms with van der Waals surface area (Å²) in [6.07, 6.45) is 0.339. The van der Waals surface area contributed by atoms with Crippen molar-refractivity contribution in [3.8, 4) is 5.75 Å². The summed E-state index contributed by atoms with van der Waals surface area (Å²) < 4.78 is 10.9. The average Bonchev–Trinajstić information content (AvgIpc) is 3.05. The number of thioether (sulfide) groups is 1. The number of carbonyl (C=O) groups is 2. The number of nitrogens with one attached hydrogen (secondary N) is 1.